The van der Waals surface area contributed by atoms with Crippen LogP contribution in [0.5, 0.6) is 0 Å². The molecule has 1 saturated heterocycles. The van der Waals surface area contributed by atoms with Crippen molar-refractivity contribution in [3.63, 3.8) is 0 Å². The van der Waals surface area contributed by atoms with Crippen LogP contribution in [-0.2, 0) is 17.8 Å². The van der Waals surface area contributed by atoms with Crippen molar-refractivity contribution in [1.29, 1.82) is 0 Å². The number of carbonyl (C=O) groups excluding carboxylic acids is 1. The van der Waals surface area contributed by atoms with Crippen LogP contribution in [0.25, 0.3) is 0 Å². The fourth-order valence-corrected chi connectivity index (χ4v) is 4.00. The summed E-state index contributed by atoms with van der Waals surface area (Å²) in [6.45, 7) is 7.18. The molecule has 8 heteroatoms. The first-order valence-electron chi connectivity index (χ1n) is 9.06. The third-order valence-corrected chi connectivity index (χ3v) is 5.86. The van der Waals surface area contributed by atoms with Gasteiger partial charge in [0.1, 0.15) is 4.88 Å². The lowest BCUT2D eigenvalue weighted by Gasteiger charge is -2.32. The molecule has 1 amide bonds. The van der Waals surface area contributed by atoms with E-state index in [1.807, 2.05) is 19.4 Å². The van der Waals surface area contributed by atoms with Crippen LogP contribution < -0.4 is 5.32 Å². The van der Waals surface area contributed by atoms with Crippen LogP contribution >= 0.6 is 11.3 Å². The minimum absolute atomic E-state index is 0.00877. The summed E-state index contributed by atoms with van der Waals surface area (Å²) in [5, 5.41) is 3.07. The molecule has 0 aromatic carbocycles. The molecule has 1 aliphatic heterocycles. The van der Waals surface area contributed by atoms with Gasteiger partial charge in [0, 0.05) is 32.9 Å². The molecular formula is C18H27N5O2S. The Hall–Kier alpha value is -1.77. The van der Waals surface area contributed by atoms with Crippen molar-refractivity contribution >= 4 is 17.2 Å². The molecular weight excluding hydrogens is 350 g/mol. The predicted molar refractivity (Wildman–Crippen MR) is 101 cm³/mol. The average molecular weight is 378 g/mol. The number of imidazole rings is 1. The van der Waals surface area contributed by atoms with E-state index in [1.54, 1.807) is 12.6 Å². The van der Waals surface area contributed by atoms with Crippen molar-refractivity contribution in [2.24, 2.45) is 5.92 Å². The Labute approximate surface area is 158 Å². The van der Waals surface area contributed by atoms with E-state index in [0.29, 0.717) is 12.5 Å². The minimum atomic E-state index is 0.00877. The van der Waals surface area contributed by atoms with Gasteiger partial charge >= 0.3 is 0 Å². The van der Waals surface area contributed by atoms with Gasteiger partial charge in [0.25, 0.3) is 5.91 Å². The number of likely N-dealkylation sites (tertiary alicyclic amines) is 1. The van der Waals surface area contributed by atoms with Crippen LogP contribution in [0.2, 0.25) is 0 Å². The van der Waals surface area contributed by atoms with Gasteiger partial charge in [-0.3, -0.25) is 9.69 Å². The van der Waals surface area contributed by atoms with Crippen molar-refractivity contribution in [2.75, 3.05) is 33.4 Å². The molecule has 2 aromatic heterocycles. The van der Waals surface area contributed by atoms with Crippen molar-refractivity contribution in [3.8, 4) is 0 Å². The average Bonchev–Trinajstić information content (AvgIpc) is 3.28. The molecule has 0 spiro atoms. The highest BCUT2D eigenvalue weighted by molar-refractivity contribution is 7.11. The minimum Gasteiger partial charge on any atom is -0.383 e. The van der Waals surface area contributed by atoms with E-state index in [-0.39, 0.29) is 5.91 Å². The fraction of sp³-hybridized carbons (Fsp3) is 0.611. The van der Waals surface area contributed by atoms with Gasteiger partial charge < -0.3 is 14.6 Å². The van der Waals surface area contributed by atoms with E-state index in [9.17, 15) is 4.79 Å². The summed E-state index contributed by atoms with van der Waals surface area (Å²) in [7, 11) is 1.72. The molecule has 0 aliphatic carbocycles. The highest BCUT2D eigenvalue weighted by Crippen LogP contribution is 2.19. The van der Waals surface area contributed by atoms with Gasteiger partial charge in [-0.15, -0.1) is 11.3 Å². The largest absolute Gasteiger partial charge is 0.383 e. The van der Waals surface area contributed by atoms with Crippen molar-refractivity contribution < 1.29 is 9.53 Å². The predicted octanol–water partition coefficient (Wildman–Crippen LogP) is 1.94. The highest BCUT2D eigenvalue weighted by atomic mass is 32.1. The fourth-order valence-electron chi connectivity index (χ4n) is 3.29. The molecule has 0 radical (unpaired) electrons. The SMILES string of the molecule is COCCn1cncc1CN1CCC(CNC(=O)c2scnc2C)CC1. The number of aryl methyl sites for hydroxylation is 1. The monoisotopic (exact) mass is 377 g/mol. The Morgan fingerprint density at radius 2 is 2.23 bits per heavy atom. The number of ether oxygens (including phenoxy) is 1. The number of aromatic nitrogens is 3. The molecule has 3 rings (SSSR count). The number of hydrogen-bond acceptors (Lipinski definition) is 6. The molecule has 1 aliphatic rings. The van der Waals surface area contributed by atoms with E-state index in [1.165, 1.54) is 17.0 Å². The normalized spacial score (nSPS) is 16.1. The number of hydrogen-bond donors (Lipinski definition) is 1. The van der Waals surface area contributed by atoms with E-state index >= 15 is 0 Å². The second-order valence-corrected chi connectivity index (χ2v) is 7.62. The lowest BCUT2D eigenvalue weighted by molar-refractivity contribution is 0.0938. The molecule has 3 heterocycles. The molecule has 142 valence electrons. The third-order valence-electron chi connectivity index (χ3n) is 4.93. The summed E-state index contributed by atoms with van der Waals surface area (Å²) in [6, 6.07) is 0. The number of rotatable bonds is 8. The summed E-state index contributed by atoms with van der Waals surface area (Å²) in [4.78, 5) is 23.8. The summed E-state index contributed by atoms with van der Waals surface area (Å²) >= 11 is 1.41. The molecule has 2 aromatic rings. The molecule has 0 atom stereocenters. The second kappa shape index (κ2) is 9.25. The number of piperidine rings is 1. The van der Waals surface area contributed by atoms with Gasteiger partial charge in [-0.2, -0.15) is 0 Å². The van der Waals surface area contributed by atoms with Gasteiger partial charge in [0.05, 0.1) is 29.8 Å². The summed E-state index contributed by atoms with van der Waals surface area (Å²) in [6.07, 6.45) is 6.03. The zero-order valence-electron chi connectivity index (χ0n) is 15.5. The first-order valence-corrected chi connectivity index (χ1v) is 9.94. The van der Waals surface area contributed by atoms with Gasteiger partial charge in [-0.05, 0) is 38.8 Å². The molecule has 0 unspecified atom stereocenters. The molecule has 26 heavy (non-hydrogen) atoms. The maximum atomic E-state index is 12.2. The van der Waals surface area contributed by atoms with Crippen molar-refractivity contribution in [2.45, 2.75) is 32.9 Å². The standard InChI is InChI=1S/C18H27N5O2S/c1-14-17(26-13-21-14)18(24)20-9-15-3-5-22(6-4-15)11-16-10-19-12-23(16)7-8-25-2/h10,12-13,15H,3-9,11H2,1-2H3,(H,20,24). The number of thiazole rings is 1. The summed E-state index contributed by atoms with van der Waals surface area (Å²) < 4.78 is 7.31. The number of methoxy groups -OCH3 is 1. The zero-order valence-corrected chi connectivity index (χ0v) is 16.3. The van der Waals surface area contributed by atoms with Gasteiger partial charge in [-0.25, -0.2) is 9.97 Å². The van der Waals surface area contributed by atoms with Crippen LogP contribution in [0.3, 0.4) is 0 Å². The first kappa shape index (κ1) is 19.0. The Morgan fingerprint density at radius 1 is 1.42 bits per heavy atom. The maximum Gasteiger partial charge on any atom is 0.263 e. The van der Waals surface area contributed by atoms with Gasteiger partial charge in [0.15, 0.2) is 0 Å². The first-order chi connectivity index (χ1) is 12.7. The summed E-state index contributed by atoms with van der Waals surface area (Å²) in [5.41, 5.74) is 3.77. The number of amides is 1. The topological polar surface area (TPSA) is 72.3 Å². The van der Waals surface area contributed by atoms with Gasteiger partial charge in [0.2, 0.25) is 0 Å². The third kappa shape index (κ3) is 4.90. The molecule has 1 N–H and O–H groups in total. The Kier molecular flexibility index (Phi) is 6.76. The lowest BCUT2D eigenvalue weighted by Crippen LogP contribution is -2.38. The quantitative estimate of drug-likeness (QED) is 0.761. The molecule has 1 fully saturated rings. The van der Waals surface area contributed by atoms with E-state index in [4.69, 9.17) is 4.74 Å². The van der Waals surface area contributed by atoms with E-state index in [2.05, 4.69) is 24.8 Å². The zero-order chi connectivity index (χ0) is 18.4. The van der Waals surface area contributed by atoms with Crippen LogP contribution in [0.4, 0.5) is 0 Å². The Balaban J connectivity index is 1.41. The van der Waals surface area contributed by atoms with Crippen LogP contribution in [0, 0.1) is 12.8 Å². The molecule has 7 nitrogen and oxygen atoms in total. The Bertz CT molecular complexity index is 706. The maximum absolute atomic E-state index is 12.2. The molecule has 0 bridgehead atoms. The van der Waals surface area contributed by atoms with Crippen molar-refractivity contribution in [1.82, 2.24) is 24.8 Å². The van der Waals surface area contributed by atoms with Crippen molar-refractivity contribution in [3.05, 3.63) is 34.3 Å². The van der Waals surface area contributed by atoms with Crippen LogP contribution in [0.1, 0.15) is 33.9 Å². The van der Waals surface area contributed by atoms with Crippen LogP contribution in [0.15, 0.2) is 18.0 Å². The van der Waals surface area contributed by atoms with Crippen LogP contribution in [-0.4, -0.2) is 58.7 Å². The summed E-state index contributed by atoms with van der Waals surface area (Å²) in [5.74, 6) is 0.552. The molecule has 0 saturated carbocycles. The highest BCUT2D eigenvalue weighted by Gasteiger charge is 2.21. The van der Waals surface area contributed by atoms with E-state index in [0.717, 1.165) is 56.1 Å². The number of nitrogens with zero attached hydrogens (tertiary/aromatic N) is 4. The second-order valence-electron chi connectivity index (χ2n) is 6.77. The smallest absolute Gasteiger partial charge is 0.263 e. The van der Waals surface area contributed by atoms with E-state index < -0.39 is 0 Å². The lowest BCUT2D eigenvalue weighted by atomic mass is 9.96. The van der Waals surface area contributed by atoms with Gasteiger partial charge in [-0.1, -0.05) is 0 Å². The Morgan fingerprint density at radius 3 is 2.92 bits per heavy atom. The number of carbonyl (C=O) groups is 1. The number of nitrogens with one attached hydrogen (secondary N) is 1.